The lowest BCUT2D eigenvalue weighted by Gasteiger charge is -2.30. The van der Waals surface area contributed by atoms with Crippen LogP contribution in [0.1, 0.15) is 31.4 Å². The molecule has 2 atom stereocenters. The highest BCUT2D eigenvalue weighted by molar-refractivity contribution is 5.17. The Morgan fingerprint density at radius 2 is 2.50 bits per heavy atom. The van der Waals surface area contributed by atoms with Gasteiger partial charge in [-0.2, -0.15) is 0 Å². The van der Waals surface area contributed by atoms with E-state index in [4.69, 9.17) is 0 Å². The summed E-state index contributed by atoms with van der Waals surface area (Å²) in [5, 5.41) is 13.5. The maximum atomic E-state index is 10.2. The summed E-state index contributed by atoms with van der Waals surface area (Å²) in [7, 11) is 0. The summed E-state index contributed by atoms with van der Waals surface area (Å²) >= 11 is 0. The second-order valence-corrected chi connectivity index (χ2v) is 4.14. The monoisotopic (exact) mass is 192 g/mol. The molecule has 0 spiro atoms. The average molecular weight is 192 g/mol. The molecular formula is C11H16N2O. The second kappa shape index (κ2) is 3.67. The predicted molar refractivity (Wildman–Crippen MR) is 54.8 cm³/mol. The molecule has 14 heavy (non-hydrogen) atoms. The molecule has 3 heteroatoms. The third kappa shape index (κ3) is 1.65. The van der Waals surface area contributed by atoms with Crippen molar-refractivity contribution in [2.75, 3.05) is 6.54 Å². The van der Waals surface area contributed by atoms with E-state index in [1.165, 1.54) is 0 Å². The molecule has 1 aliphatic rings. The van der Waals surface area contributed by atoms with Crippen LogP contribution in [0.3, 0.4) is 0 Å². The van der Waals surface area contributed by atoms with Crippen LogP contribution in [0.4, 0.5) is 0 Å². The molecule has 0 aliphatic carbocycles. The number of aliphatic hydroxyl groups is 1. The SMILES string of the molecule is C[C@]1(C(O)c2cccnc2)CCCN1. The summed E-state index contributed by atoms with van der Waals surface area (Å²) in [4.78, 5) is 4.02. The van der Waals surface area contributed by atoms with E-state index in [9.17, 15) is 5.11 Å². The summed E-state index contributed by atoms with van der Waals surface area (Å²) in [6.45, 7) is 3.06. The Balaban J connectivity index is 2.19. The van der Waals surface area contributed by atoms with Gasteiger partial charge in [0.1, 0.15) is 0 Å². The first-order chi connectivity index (χ1) is 6.72. The summed E-state index contributed by atoms with van der Waals surface area (Å²) < 4.78 is 0. The van der Waals surface area contributed by atoms with Gasteiger partial charge in [0.25, 0.3) is 0 Å². The number of rotatable bonds is 2. The fourth-order valence-electron chi connectivity index (χ4n) is 2.06. The highest BCUT2D eigenvalue weighted by atomic mass is 16.3. The molecule has 0 bridgehead atoms. The first-order valence-electron chi connectivity index (χ1n) is 5.05. The van der Waals surface area contributed by atoms with Crippen LogP contribution in [-0.4, -0.2) is 22.2 Å². The van der Waals surface area contributed by atoms with Gasteiger partial charge in [-0.1, -0.05) is 6.07 Å². The van der Waals surface area contributed by atoms with Crippen molar-refractivity contribution >= 4 is 0 Å². The van der Waals surface area contributed by atoms with E-state index in [0.717, 1.165) is 24.9 Å². The number of nitrogens with zero attached hydrogens (tertiary/aromatic N) is 1. The number of aliphatic hydroxyl groups excluding tert-OH is 1. The van der Waals surface area contributed by atoms with Gasteiger partial charge in [0.05, 0.1) is 6.10 Å². The van der Waals surface area contributed by atoms with Gasteiger partial charge < -0.3 is 10.4 Å². The molecule has 1 aromatic rings. The van der Waals surface area contributed by atoms with Crippen molar-refractivity contribution in [2.45, 2.75) is 31.4 Å². The maximum absolute atomic E-state index is 10.2. The third-order valence-corrected chi connectivity index (χ3v) is 3.01. The lowest BCUT2D eigenvalue weighted by molar-refractivity contribution is 0.0812. The fraction of sp³-hybridized carbons (Fsp3) is 0.545. The van der Waals surface area contributed by atoms with Gasteiger partial charge in [-0.3, -0.25) is 4.98 Å². The second-order valence-electron chi connectivity index (χ2n) is 4.14. The molecule has 76 valence electrons. The van der Waals surface area contributed by atoms with Gasteiger partial charge in [-0.25, -0.2) is 0 Å². The van der Waals surface area contributed by atoms with Gasteiger partial charge in [0.15, 0.2) is 0 Å². The first-order valence-corrected chi connectivity index (χ1v) is 5.05. The Morgan fingerprint density at radius 1 is 1.64 bits per heavy atom. The Hall–Kier alpha value is -0.930. The maximum Gasteiger partial charge on any atom is 0.0983 e. The zero-order chi connectivity index (χ0) is 10.0. The minimum Gasteiger partial charge on any atom is -0.386 e. The Kier molecular flexibility index (Phi) is 2.52. The largest absolute Gasteiger partial charge is 0.386 e. The lowest BCUT2D eigenvalue weighted by atomic mass is 9.89. The van der Waals surface area contributed by atoms with Crippen LogP contribution in [0.2, 0.25) is 0 Å². The van der Waals surface area contributed by atoms with Gasteiger partial charge in [-0.15, -0.1) is 0 Å². The predicted octanol–water partition coefficient (Wildman–Crippen LogP) is 1.26. The normalized spacial score (nSPS) is 29.0. The Bertz CT molecular complexity index is 293. The number of hydrogen-bond donors (Lipinski definition) is 2. The van der Waals surface area contributed by atoms with Crippen molar-refractivity contribution in [3.8, 4) is 0 Å². The van der Waals surface area contributed by atoms with Crippen LogP contribution in [0.5, 0.6) is 0 Å². The molecule has 0 aromatic carbocycles. The van der Waals surface area contributed by atoms with Crippen LogP contribution < -0.4 is 5.32 Å². The Labute approximate surface area is 84.2 Å². The van der Waals surface area contributed by atoms with Crippen LogP contribution in [0.15, 0.2) is 24.5 Å². The van der Waals surface area contributed by atoms with Crippen LogP contribution in [-0.2, 0) is 0 Å². The molecule has 1 fully saturated rings. The van der Waals surface area contributed by atoms with Crippen molar-refractivity contribution < 1.29 is 5.11 Å². The number of aromatic nitrogens is 1. The molecular weight excluding hydrogens is 176 g/mol. The third-order valence-electron chi connectivity index (χ3n) is 3.01. The molecule has 0 radical (unpaired) electrons. The smallest absolute Gasteiger partial charge is 0.0983 e. The summed E-state index contributed by atoms with van der Waals surface area (Å²) in [5.74, 6) is 0. The van der Waals surface area contributed by atoms with Gasteiger partial charge in [0, 0.05) is 23.5 Å². The highest BCUT2D eigenvalue weighted by Gasteiger charge is 2.36. The van der Waals surface area contributed by atoms with E-state index in [2.05, 4.69) is 17.2 Å². The average Bonchev–Trinajstić information content (AvgIpc) is 2.67. The van der Waals surface area contributed by atoms with E-state index in [1.807, 2.05) is 12.1 Å². The van der Waals surface area contributed by atoms with Crippen molar-refractivity contribution in [3.05, 3.63) is 30.1 Å². The van der Waals surface area contributed by atoms with E-state index < -0.39 is 6.10 Å². The van der Waals surface area contributed by atoms with Crippen molar-refractivity contribution in [3.63, 3.8) is 0 Å². The van der Waals surface area contributed by atoms with Gasteiger partial charge in [-0.05, 0) is 32.4 Å². The summed E-state index contributed by atoms with van der Waals surface area (Å²) in [5.41, 5.74) is 0.715. The van der Waals surface area contributed by atoms with Crippen LogP contribution in [0, 0.1) is 0 Å². The van der Waals surface area contributed by atoms with Crippen molar-refractivity contribution in [1.82, 2.24) is 10.3 Å². The van der Waals surface area contributed by atoms with Gasteiger partial charge >= 0.3 is 0 Å². The summed E-state index contributed by atoms with van der Waals surface area (Å²) in [6, 6.07) is 3.78. The van der Waals surface area contributed by atoms with E-state index in [0.29, 0.717) is 0 Å². The lowest BCUT2D eigenvalue weighted by Crippen LogP contribution is -2.42. The zero-order valence-corrected chi connectivity index (χ0v) is 8.40. The highest BCUT2D eigenvalue weighted by Crippen LogP contribution is 2.32. The first kappa shape index (κ1) is 9.62. The molecule has 1 aliphatic heterocycles. The molecule has 0 saturated carbocycles. The van der Waals surface area contributed by atoms with E-state index >= 15 is 0 Å². The van der Waals surface area contributed by atoms with Crippen LogP contribution >= 0.6 is 0 Å². The molecule has 0 amide bonds. The van der Waals surface area contributed by atoms with Crippen molar-refractivity contribution in [2.24, 2.45) is 0 Å². The molecule has 1 aromatic heterocycles. The minimum absolute atomic E-state index is 0.178. The zero-order valence-electron chi connectivity index (χ0n) is 8.40. The number of pyridine rings is 1. The standard InChI is InChI=1S/C11H16N2O/c1-11(5-3-7-13-11)10(14)9-4-2-6-12-8-9/h2,4,6,8,10,13-14H,3,5,7H2,1H3/t10?,11-/m1/s1. The Morgan fingerprint density at radius 3 is 3.07 bits per heavy atom. The molecule has 2 rings (SSSR count). The van der Waals surface area contributed by atoms with Gasteiger partial charge in [0.2, 0.25) is 0 Å². The molecule has 2 N–H and O–H groups in total. The van der Waals surface area contributed by atoms with Crippen LogP contribution in [0.25, 0.3) is 0 Å². The minimum atomic E-state index is -0.460. The quantitative estimate of drug-likeness (QED) is 0.741. The molecule has 1 unspecified atom stereocenters. The molecule has 2 heterocycles. The topological polar surface area (TPSA) is 45.2 Å². The number of hydrogen-bond acceptors (Lipinski definition) is 3. The molecule has 1 saturated heterocycles. The van der Waals surface area contributed by atoms with E-state index in [-0.39, 0.29) is 5.54 Å². The summed E-state index contributed by atoms with van der Waals surface area (Å²) in [6.07, 6.45) is 5.15. The van der Waals surface area contributed by atoms with E-state index in [1.54, 1.807) is 12.4 Å². The molecule has 3 nitrogen and oxygen atoms in total. The van der Waals surface area contributed by atoms with Crippen molar-refractivity contribution in [1.29, 1.82) is 0 Å². The number of nitrogens with one attached hydrogen (secondary N) is 1. The fourth-order valence-corrected chi connectivity index (χ4v) is 2.06.